The zero-order valence-electron chi connectivity index (χ0n) is 11.3. The summed E-state index contributed by atoms with van der Waals surface area (Å²) in [6, 6.07) is 7.62. The zero-order valence-corrected chi connectivity index (χ0v) is 12.0. The van der Waals surface area contributed by atoms with Crippen LogP contribution < -0.4 is 5.73 Å². The largest absolute Gasteiger partial charge is 0.339 e. The van der Waals surface area contributed by atoms with Gasteiger partial charge in [0.25, 0.3) is 0 Å². The minimum absolute atomic E-state index is 0.108. The van der Waals surface area contributed by atoms with Gasteiger partial charge in [-0.05, 0) is 25.0 Å². The van der Waals surface area contributed by atoms with E-state index in [1.54, 1.807) is 0 Å². The molecule has 5 heteroatoms. The van der Waals surface area contributed by atoms with Crippen molar-refractivity contribution in [3.63, 3.8) is 0 Å². The highest BCUT2D eigenvalue weighted by atomic mass is 35.5. The van der Waals surface area contributed by atoms with Crippen LogP contribution in [0.15, 0.2) is 28.8 Å². The number of rotatable bonds is 2. The van der Waals surface area contributed by atoms with Gasteiger partial charge in [-0.25, -0.2) is 0 Å². The molecule has 3 rings (SSSR count). The van der Waals surface area contributed by atoms with E-state index in [1.165, 1.54) is 19.3 Å². The monoisotopic (exact) mass is 291 g/mol. The highest BCUT2D eigenvalue weighted by Crippen LogP contribution is 2.32. The summed E-state index contributed by atoms with van der Waals surface area (Å²) in [6.45, 7) is 0. The predicted octanol–water partition coefficient (Wildman–Crippen LogP) is 3.77. The van der Waals surface area contributed by atoms with Gasteiger partial charge in [0.15, 0.2) is 0 Å². The van der Waals surface area contributed by atoms with Crippen molar-refractivity contribution in [1.29, 1.82) is 0 Å². The van der Waals surface area contributed by atoms with Crippen molar-refractivity contribution in [3.05, 3.63) is 35.2 Å². The molecule has 2 aromatic rings. The second-order valence-electron chi connectivity index (χ2n) is 5.34. The van der Waals surface area contributed by atoms with Crippen LogP contribution in [0.4, 0.5) is 0 Å². The molecular formula is C15H18ClN3O. The smallest absolute Gasteiger partial charge is 0.231 e. The number of hydrogen-bond donors (Lipinski definition) is 1. The fourth-order valence-corrected chi connectivity index (χ4v) is 3.00. The Morgan fingerprint density at radius 3 is 2.80 bits per heavy atom. The molecule has 2 atom stereocenters. The van der Waals surface area contributed by atoms with E-state index in [0.717, 1.165) is 18.4 Å². The molecule has 2 unspecified atom stereocenters. The summed E-state index contributed by atoms with van der Waals surface area (Å²) in [5.74, 6) is 1.36. The van der Waals surface area contributed by atoms with Crippen LogP contribution in [0.5, 0.6) is 0 Å². The average Bonchev–Trinajstić information content (AvgIpc) is 2.82. The van der Waals surface area contributed by atoms with E-state index in [2.05, 4.69) is 10.1 Å². The first-order valence-corrected chi connectivity index (χ1v) is 7.47. The minimum Gasteiger partial charge on any atom is -0.339 e. The molecule has 0 radical (unpaired) electrons. The third-order valence-corrected chi connectivity index (χ3v) is 4.27. The Labute approximate surface area is 123 Å². The van der Waals surface area contributed by atoms with Gasteiger partial charge in [-0.1, -0.05) is 48.2 Å². The molecule has 1 aromatic carbocycles. The Bertz CT molecular complexity index is 584. The lowest BCUT2D eigenvalue weighted by molar-refractivity contribution is 0.326. The normalized spacial score (nSPS) is 23.5. The van der Waals surface area contributed by atoms with Crippen LogP contribution >= 0.6 is 11.6 Å². The zero-order chi connectivity index (χ0) is 13.9. The fraction of sp³-hybridized carbons (Fsp3) is 0.467. The number of aromatic nitrogens is 2. The lowest BCUT2D eigenvalue weighted by Gasteiger charge is -2.16. The lowest BCUT2D eigenvalue weighted by Crippen LogP contribution is -2.27. The van der Waals surface area contributed by atoms with Crippen LogP contribution in [0, 0.1) is 0 Å². The molecule has 0 aliphatic heterocycles. The maximum atomic E-state index is 6.24. The first-order chi connectivity index (χ1) is 9.75. The van der Waals surface area contributed by atoms with Crippen LogP contribution in [0.2, 0.25) is 5.02 Å². The van der Waals surface area contributed by atoms with Gasteiger partial charge < -0.3 is 10.3 Å². The highest BCUT2D eigenvalue weighted by molar-refractivity contribution is 6.33. The first-order valence-electron chi connectivity index (χ1n) is 7.10. The standard InChI is InChI=1S/C15H18ClN3O/c16-12-8-5-4-6-10(12)14-18-15(20-19-14)11-7-2-1-3-9-13(11)17/h4-6,8,11,13H,1-3,7,9,17H2. The molecule has 0 amide bonds. The summed E-state index contributed by atoms with van der Waals surface area (Å²) < 4.78 is 5.44. The van der Waals surface area contributed by atoms with Crippen LogP contribution in [0.25, 0.3) is 11.4 Å². The van der Waals surface area contributed by atoms with Gasteiger partial charge in [-0.2, -0.15) is 4.98 Å². The molecule has 1 heterocycles. The van der Waals surface area contributed by atoms with E-state index in [0.29, 0.717) is 16.7 Å². The average molecular weight is 292 g/mol. The number of hydrogen-bond acceptors (Lipinski definition) is 4. The molecular weight excluding hydrogens is 274 g/mol. The molecule has 20 heavy (non-hydrogen) atoms. The number of benzene rings is 1. The Morgan fingerprint density at radius 2 is 1.95 bits per heavy atom. The maximum absolute atomic E-state index is 6.24. The number of halogens is 1. The third kappa shape index (κ3) is 2.72. The molecule has 4 nitrogen and oxygen atoms in total. The van der Waals surface area contributed by atoms with Gasteiger partial charge >= 0.3 is 0 Å². The van der Waals surface area contributed by atoms with E-state index in [4.69, 9.17) is 21.9 Å². The third-order valence-electron chi connectivity index (χ3n) is 3.94. The predicted molar refractivity (Wildman–Crippen MR) is 78.5 cm³/mol. The quantitative estimate of drug-likeness (QED) is 0.856. The fourth-order valence-electron chi connectivity index (χ4n) is 2.78. The molecule has 1 aliphatic rings. The van der Waals surface area contributed by atoms with Gasteiger partial charge in [0.2, 0.25) is 11.7 Å². The van der Waals surface area contributed by atoms with Gasteiger partial charge in [0, 0.05) is 11.6 Å². The topological polar surface area (TPSA) is 64.9 Å². The summed E-state index contributed by atoms with van der Waals surface area (Å²) in [5.41, 5.74) is 7.03. The van der Waals surface area contributed by atoms with E-state index in [-0.39, 0.29) is 12.0 Å². The first kappa shape index (κ1) is 13.6. The molecule has 0 bridgehead atoms. The SMILES string of the molecule is NC1CCCCCC1c1nc(-c2ccccc2Cl)no1. The maximum Gasteiger partial charge on any atom is 0.231 e. The van der Waals surface area contributed by atoms with Crippen molar-refractivity contribution in [3.8, 4) is 11.4 Å². The van der Waals surface area contributed by atoms with Crippen molar-refractivity contribution >= 4 is 11.6 Å². The highest BCUT2D eigenvalue weighted by Gasteiger charge is 2.27. The van der Waals surface area contributed by atoms with Crippen molar-refractivity contribution in [2.45, 2.75) is 44.1 Å². The molecule has 1 saturated carbocycles. The molecule has 0 saturated heterocycles. The second kappa shape index (κ2) is 5.94. The molecule has 0 spiro atoms. The van der Waals surface area contributed by atoms with Gasteiger partial charge in [-0.15, -0.1) is 0 Å². The van der Waals surface area contributed by atoms with Crippen molar-refractivity contribution in [1.82, 2.24) is 10.1 Å². The van der Waals surface area contributed by atoms with E-state index in [9.17, 15) is 0 Å². The van der Waals surface area contributed by atoms with Crippen molar-refractivity contribution in [2.24, 2.45) is 5.73 Å². The second-order valence-corrected chi connectivity index (χ2v) is 5.75. The van der Waals surface area contributed by atoms with Gasteiger partial charge in [-0.3, -0.25) is 0 Å². The number of nitrogens with zero attached hydrogens (tertiary/aromatic N) is 2. The van der Waals surface area contributed by atoms with Gasteiger partial charge in [0.05, 0.1) is 10.9 Å². The van der Waals surface area contributed by atoms with Crippen molar-refractivity contribution in [2.75, 3.05) is 0 Å². The minimum atomic E-state index is 0.108. The van der Waals surface area contributed by atoms with Crippen LogP contribution in [-0.4, -0.2) is 16.2 Å². The van der Waals surface area contributed by atoms with Crippen LogP contribution in [0.1, 0.15) is 43.9 Å². The number of nitrogens with two attached hydrogens (primary N) is 1. The van der Waals surface area contributed by atoms with E-state index >= 15 is 0 Å². The molecule has 106 valence electrons. The van der Waals surface area contributed by atoms with Gasteiger partial charge in [0.1, 0.15) is 0 Å². The summed E-state index contributed by atoms with van der Waals surface area (Å²) in [5, 5.41) is 4.69. The van der Waals surface area contributed by atoms with Crippen LogP contribution in [-0.2, 0) is 0 Å². The summed E-state index contributed by atoms with van der Waals surface area (Å²) >= 11 is 6.16. The summed E-state index contributed by atoms with van der Waals surface area (Å²) in [6.07, 6.45) is 5.63. The van der Waals surface area contributed by atoms with Crippen molar-refractivity contribution < 1.29 is 4.52 Å². The Hall–Kier alpha value is -1.39. The molecule has 2 N–H and O–H groups in total. The van der Waals surface area contributed by atoms with E-state index in [1.807, 2.05) is 24.3 Å². The summed E-state index contributed by atoms with van der Waals surface area (Å²) in [7, 11) is 0. The Kier molecular flexibility index (Phi) is 4.03. The summed E-state index contributed by atoms with van der Waals surface area (Å²) in [4.78, 5) is 4.51. The Morgan fingerprint density at radius 1 is 1.15 bits per heavy atom. The molecule has 1 aliphatic carbocycles. The molecule has 1 fully saturated rings. The van der Waals surface area contributed by atoms with E-state index < -0.39 is 0 Å². The lowest BCUT2D eigenvalue weighted by atomic mass is 9.95. The Balaban J connectivity index is 1.88. The van der Waals surface area contributed by atoms with Crippen LogP contribution in [0.3, 0.4) is 0 Å². The molecule has 1 aromatic heterocycles.